The number of hydrogen-bond donors (Lipinski definition) is 15. The molecular weight excluding hydrogens is 1010 g/mol. The van der Waals surface area contributed by atoms with Gasteiger partial charge in [0.2, 0.25) is 59.1 Å². The third kappa shape index (κ3) is 21.5. The van der Waals surface area contributed by atoms with Gasteiger partial charge in [-0.3, -0.25) is 47.9 Å². The highest BCUT2D eigenvalue weighted by atomic mass is 16.4. The topological polar surface area (TPSA) is 451 Å². The SMILES string of the molecule is CC(C)[C@H](NC(=O)[C@H](CCC(N)=O)NC(=O)[C@H](Cc1ccccc1)NC(=O)[C@@H](NC(=O)[C@@H](N)CCC(N)=O)C(C)C)C(=O)N[C@@H](CO)C(=O)N[C@@H](Cc1cnc[nH]1)C(=O)N[C@@H](CO)C(=O)N[C@@H](Cc1ccccc1)C(=O)O. The van der Waals surface area contributed by atoms with Gasteiger partial charge < -0.3 is 80.0 Å². The molecule has 27 nitrogen and oxygen atoms in total. The summed E-state index contributed by atoms with van der Waals surface area (Å²) in [5.41, 5.74) is 18.0. The van der Waals surface area contributed by atoms with Crippen molar-refractivity contribution in [3.63, 3.8) is 0 Å². The van der Waals surface area contributed by atoms with Gasteiger partial charge in [0, 0.05) is 44.0 Å². The molecule has 0 fully saturated rings. The van der Waals surface area contributed by atoms with Crippen LogP contribution < -0.4 is 59.7 Å². The van der Waals surface area contributed by atoms with Crippen LogP contribution in [-0.4, -0.2) is 158 Å². The molecule has 0 aliphatic carbocycles. The van der Waals surface area contributed by atoms with Crippen LogP contribution in [-0.2, 0) is 72.0 Å². The minimum Gasteiger partial charge on any atom is -0.480 e. The van der Waals surface area contributed by atoms with Gasteiger partial charge >= 0.3 is 5.97 Å². The van der Waals surface area contributed by atoms with Crippen LogP contribution in [0.5, 0.6) is 0 Å². The van der Waals surface area contributed by atoms with Crippen LogP contribution in [0.4, 0.5) is 0 Å². The number of primary amides is 2. The van der Waals surface area contributed by atoms with Crippen molar-refractivity contribution in [3.05, 3.63) is 90.0 Å². The summed E-state index contributed by atoms with van der Waals surface area (Å²) in [5.74, 6) is -12.0. The number of rotatable bonds is 33. The van der Waals surface area contributed by atoms with Crippen LogP contribution in [0.1, 0.15) is 70.2 Å². The van der Waals surface area contributed by atoms with Crippen LogP contribution in [0.3, 0.4) is 0 Å². The molecule has 3 aromatic rings. The van der Waals surface area contributed by atoms with E-state index >= 15 is 0 Å². The smallest absolute Gasteiger partial charge is 0.326 e. The molecule has 0 saturated heterocycles. The number of aliphatic hydroxyl groups excluding tert-OH is 2. The maximum atomic E-state index is 14.2. The highest BCUT2D eigenvalue weighted by molar-refractivity contribution is 5.98. The van der Waals surface area contributed by atoms with Crippen LogP contribution >= 0.6 is 0 Å². The van der Waals surface area contributed by atoms with Gasteiger partial charge in [0.05, 0.1) is 25.6 Å². The molecule has 77 heavy (non-hydrogen) atoms. The lowest BCUT2D eigenvalue weighted by molar-refractivity contribution is -0.142. The van der Waals surface area contributed by atoms with Gasteiger partial charge in [-0.25, -0.2) is 9.78 Å². The summed E-state index contributed by atoms with van der Waals surface area (Å²) < 4.78 is 0. The number of nitrogens with zero attached hydrogens (tertiary/aromatic N) is 1. The van der Waals surface area contributed by atoms with Crippen molar-refractivity contribution in [1.29, 1.82) is 0 Å². The molecular formula is C50H71N13O14. The van der Waals surface area contributed by atoms with Crippen molar-refractivity contribution >= 4 is 65.0 Å². The van der Waals surface area contributed by atoms with Crippen molar-refractivity contribution in [2.24, 2.45) is 29.0 Å². The number of nitrogens with two attached hydrogens (primary N) is 3. The second kappa shape index (κ2) is 31.6. The number of aromatic amines is 1. The van der Waals surface area contributed by atoms with E-state index < -0.39 is 157 Å². The van der Waals surface area contributed by atoms with Crippen molar-refractivity contribution in [1.82, 2.24) is 52.5 Å². The lowest BCUT2D eigenvalue weighted by Gasteiger charge is -2.29. The van der Waals surface area contributed by atoms with Crippen LogP contribution in [0.15, 0.2) is 73.2 Å². The normalized spacial score (nSPS) is 14.6. The average molecular weight is 1080 g/mol. The van der Waals surface area contributed by atoms with E-state index in [-0.39, 0.29) is 32.1 Å². The van der Waals surface area contributed by atoms with Crippen LogP contribution in [0.25, 0.3) is 0 Å². The van der Waals surface area contributed by atoms with Gasteiger partial charge in [-0.2, -0.15) is 0 Å². The number of aliphatic hydroxyl groups is 2. The summed E-state index contributed by atoms with van der Waals surface area (Å²) in [6, 6.07) is 3.34. The number of carbonyl (C=O) groups excluding carboxylic acids is 10. The molecule has 0 unspecified atom stereocenters. The number of nitrogens with one attached hydrogen (secondary N) is 9. The van der Waals surface area contributed by atoms with Gasteiger partial charge in [-0.15, -0.1) is 0 Å². The van der Waals surface area contributed by atoms with E-state index in [2.05, 4.69) is 52.5 Å². The quantitative estimate of drug-likeness (QED) is 0.0274. The molecule has 0 spiro atoms. The fraction of sp³-hybridized carbons (Fsp3) is 0.480. The fourth-order valence-corrected chi connectivity index (χ4v) is 7.50. The lowest BCUT2D eigenvalue weighted by atomic mass is 9.99. The molecule has 0 aliphatic rings. The van der Waals surface area contributed by atoms with E-state index in [4.69, 9.17) is 17.2 Å². The number of imidazole rings is 1. The number of carboxylic acids is 1. The standard InChI is InChI=1S/C50H71N13O14/c1-26(2)40(62-42(68)31(51)15-17-38(52)66)48(74)58-33(19-28-11-7-5-8-12-28)44(70)56-32(16-18-39(53)67)43(69)63-41(27(3)4)49(75)61-37(24-65)46(72)57-34(21-30-22-54-25-55-30)45(71)60-36(23-64)47(73)59-35(50(76)77)20-29-13-9-6-10-14-29/h5-14,22,25-27,31-37,40-41,64-65H,15-21,23-24,51H2,1-4H3,(H2,52,66)(H2,53,67)(H,54,55)(H,56,70)(H,57,72)(H,58,74)(H,59,73)(H,60,71)(H,61,75)(H,62,68)(H,63,69)(H,76,77)/t31-,32-,33-,34-,35-,36-,37-,40-,41-/m0/s1. The zero-order chi connectivity index (χ0) is 57.4. The zero-order valence-electron chi connectivity index (χ0n) is 43.2. The number of H-pyrrole nitrogens is 1. The monoisotopic (exact) mass is 1080 g/mol. The second-order valence-electron chi connectivity index (χ2n) is 18.8. The van der Waals surface area contributed by atoms with E-state index in [1.807, 2.05) is 0 Å². The van der Waals surface area contributed by atoms with E-state index in [1.54, 1.807) is 74.5 Å². The minimum atomic E-state index is -1.79. The number of aromatic nitrogens is 2. The highest BCUT2D eigenvalue weighted by Crippen LogP contribution is 2.12. The average Bonchev–Trinajstić information content (AvgIpc) is 3.91. The molecule has 10 amide bonds. The lowest BCUT2D eigenvalue weighted by Crippen LogP contribution is -2.62. The minimum absolute atomic E-state index is 0.0970. The summed E-state index contributed by atoms with van der Waals surface area (Å²) in [4.78, 5) is 152. The second-order valence-corrected chi connectivity index (χ2v) is 18.8. The summed E-state index contributed by atoms with van der Waals surface area (Å²) in [7, 11) is 0. The first-order valence-electron chi connectivity index (χ1n) is 24.7. The van der Waals surface area contributed by atoms with E-state index in [0.717, 1.165) is 0 Å². The zero-order valence-corrected chi connectivity index (χ0v) is 43.2. The maximum absolute atomic E-state index is 14.2. The molecule has 3 rings (SSSR count). The van der Waals surface area contributed by atoms with Crippen LogP contribution in [0, 0.1) is 11.8 Å². The number of carbonyl (C=O) groups is 11. The summed E-state index contributed by atoms with van der Waals surface area (Å²) in [6.45, 7) is 4.25. The van der Waals surface area contributed by atoms with Gasteiger partial charge in [-0.1, -0.05) is 88.4 Å². The number of aliphatic carboxylic acids is 1. The first kappa shape index (κ1) is 63.0. The Morgan fingerprint density at radius 2 is 0.870 bits per heavy atom. The van der Waals surface area contributed by atoms with Crippen molar-refractivity contribution in [2.75, 3.05) is 13.2 Å². The highest BCUT2D eigenvalue weighted by Gasteiger charge is 2.36. The molecule has 0 saturated carbocycles. The van der Waals surface area contributed by atoms with Crippen molar-refractivity contribution in [3.8, 4) is 0 Å². The van der Waals surface area contributed by atoms with Crippen LogP contribution in [0.2, 0.25) is 0 Å². The van der Waals surface area contributed by atoms with Crippen molar-refractivity contribution < 1.29 is 68.1 Å². The van der Waals surface area contributed by atoms with Gasteiger partial charge in [0.25, 0.3) is 0 Å². The Labute approximate surface area is 443 Å². The Bertz CT molecular complexity index is 2480. The Balaban J connectivity index is 1.82. The first-order chi connectivity index (χ1) is 36.4. The molecule has 2 aromatic carbocycles. The third-order valence-electron chi connectivity index (χ3n) is 11.9. The molecule has 0 bridgehead atoms. The molecule has 1 aromatic heterocycles. The molecule has 0 radical (unpaired) electrons. The fourth-order valence-electron chi connectivity index (χ4n) is 7.50. The van der Waals surface area contributed by atoms with E-state index in [0.29, 0.717) is 16.8 Å². The summed E-state index contributed by atoms with van der Waals surface area (Å²) in [5, 5.41) is 49.8. The Hall–Kier alpha value is -8.30. The number of benzene rings is 2. The van der Waals surface area contributed by atoms with Gasteiger partial charge in [0.1, 0.15) is 48.3 Å². The first-order valence-corrected chi connectivity index (χ1v) is 24.7. The maximum Gasteiger partial charge on any atom is 0.326 e. The Morgan fingerprint density at radius 1 is 0.494 bits per heavy atom. The van der Waals surface area contributed by atoms with Gasteiger partial charge in [0.15, 0.2) is 0 Å². The largest absolute Gasteiger partial charge is 0.480 e. The predicted octanol–water partition coefficient (Wildman–Crippen LogP) is -4.44. The molecule has 0 aliphatic heterocycles. The third-order valence-corrected chi connectivity index (χ3v) is 11.9. The number of hydrogen-bond acceptors (Lipinski definition) is 15. The molecule has 1 heterocycles. The van der Waals surface area contributed by atoms with Crippen molar-refractivity contribution in [2.45, 2.75) is 127 Å². The number of carboxylic acid groups (broad SMARTS) is 1. The summed E-state index contributed by atoms with van der Waals surface area (Å²) >= 11 is 0. The molecule has 27 heteroatoms. The van der Waals surface area contributed by atoms with E-state index in [9.17, 15) is 68.1 Å². The Morgan fingerprint density at radius 3 is 1.31 bits per heavy atom. The molecule has 9 atom stereocenters. The summed E-state index contributed by atoms with van der Waals surface area (Å²) in [6.07, 6.45) is 0.908. The predicted molar refractivity (Wildman–Crippen MR) is 274 cm³/mol. The van der Waals surface area contributed by atoms with E-state index in [1.165, 1.54) is 26.4 Å². The molecule has 18 N–H and O–H groups in total. The number of amides is 10. The molecule has 420 valence electrons. The van der Waals surface area contributed by atoms with Gasteiger partial charge in [-0.05, 0) is 35.8 Å². The Kier molecular flexibility index (Phi) is 25.8.